The van der Waals surface area contributed by atoms with E-state index in [2.05, 4.69) is 10.3 Å². The van der Waals surface area contributed by atoms with E-state index in [-0.39, 0.29) is 24.8 Å². The van der Waals surface area contributed by atoms with Gasteiger partial charge in [0.2, 0.25) is 0 Å². The number of hydrogen-bond acceptors (Lipinski definition) is 3. The van der Waals surface area contributed by atoms with Crippen LogP contribution < -0.4 is 5.32 Å². The number of aromatic nitrogens is 1. The zero-order chi connectivity index (χ0) is 6.69. The molecule has 3 nitrogen and oxygen atoms in total. The van der Waals surface area contributed by atoms with Crippen molar-refractivity contribution in [2.24, 2.45) is 0 Å². The average Bonchev–Trinajstić information content (AvgIpc) is 2.15. The van der Waals surface area contributed by atoms with Crippen LogP contribution in [0.25, 0.3) is 0 Å². The van der Waals surface area contributed by atoms with E-state index >= 15 is 0 Å². The topological polar surface area (TPSA) is 38.1 Å². The molecule has 1 N–H and O–H groups in total. The smallest absolute Gasteiger partial charge is 0.294 e. The van der Waals surface area contributed by atoms with Crippen molar-refractivity contribution < 1.29 is 4.42 Å². The van der Waals surface area contributed by atoms with Crippen LogP contribution in [0.4, 0.5) is 6.01 Å². The lowest BCUT2D eigenvalue weighted by Gasteiger charge is -2.02. The van der Waals surface area contributed by atoms with Crippen LogP contribution in [-0.2, 0) is 0 Å². The maximum atomic E-state index is 4.92. The van der Waals surface area contributed by atoms with Gasteiger partial charge in [0.05, 0.1) is 6.20 Å². The molecule has 1 aromatic rings. The third kappa shape index (κ3) is 4.93. The molecule has 0 aliphatic heterocycles. The number of halogens is 2. The fourth-order valence-electron chi connectivity index (χ4n) is 0.542. The zero-order valence-corrected chi connectivity index (χ0v) is 8.04. The Labute approximate surface area is 78.4 Å². The third-order valence-corrected chi connectivity index (χ3v) is 0.844. The molecule has 0 amide bonds. The molecule has 0 atom stereocenters. The van der Waals surface area contributed by atoms with Gasteiger partial charge >= 0.3 is 0 Å². The molecule has 5 heteroatoms. The summed E-state index contributed by atoms with van der Waals surface area (Å²) in [6.45, 7) is 4.06. The molecule has 0 spiro atoms. The second-order valence-electron chi connectivity index (χ2n) is 2.14. The van der Waals surface area contributed by atoms with Crippen LogP contribution in [0.2, 0.25) is 0 Å². The van der Waals surface area contributed by atoms with Crippen LogP contribution in [0.15, 0.2) is 16.9 Å². The Balaban J connectivity index is 0. The van der Waals surface area contributed by atoms with Gasteiger partial charge in [0.25, 0.3) is 6.01 Å². The van der Waals surface area contributed by atoms with E-state index in [1.165, 1.54) is 0 Å². The lowest BCUT2D eigenvalue weighted by Crippen LogP contribution is -2.09. The minimum Gasteiger partial charge on any atom is -0.432 e. The van der Waals surface area contributed by atoms with Crippen molar-refractivity contribution in [3.8, 4) is 0 Å². The second kappa shape index (κ2) is 6.31. The first-order valence-corrected chi connectivity index (χ1v) is 2.95. The number of nitrogens with zero attached hydrogens (tertiary/aromatic N) is 1. The molecular weight excluding hydrogens is 187 g/mol. The number of nitrogens with one attached hydrogen (secondary N) is 1. The molecule has 0 bridgehead atoms. The molecule has 1 heterocycles. The normalized spacial score (nSPS) is 8.27. The second-order valence-corrected chi connectivity index (χ2v) is 2.14. The summed E-state index contributed by atoms with van der Waals surface area (Å²) >= 11 is 0. The largest absolute Gasteiger partial charge is 0.432 e. The summed E-state index contributed by atoms with van der Waals surface area (Å²) in [5.74, 6) is 0. The van der Waals surface area contributed by atoms with Crippen molar-refractivity contribution in [1.29, 1.82) is 0 Å². The van der Waals surface area contributed by atoms with E-state index in [1.807, 2.05) is 13.8 Å². The van der Waals surface area contributed by atoms with Crippen molar-refractivity contribution in [3.05, 3.63) is 12.5 Å². The maximum Gasteiger partial charge on any atom is 0.294 e. The van der Waals surface area contributed by atoms with E-state index in [1.54, 1.807) is 12.5 Å². The summed E-state index contributed by atoms with van der Waals surface area (Å²) in [6.07, 6.45) is 3.16. The standard InChI is InChI=1S/C6H10N2O.2ClH/c1-5(2)8-6-7-3-4-9-6;;/h3-5H,1-2H3,(H,7,8);2*1H. The monoisotopic (exact) mass is 198 g/mol. The Hall–Kier alpha value is -0.410. The minimum absolute atomic E-state index is 0. The Morgan fingerprint density at radius 1 is 1.45 bits per heavy atom. The van der Waals surface area contributed by atoms with Crippen LogP contribution in [0, 0.1) is 0 Å². The van der Waals surface area contributed by atoms with Crippen LogP contribution in [-0.4, -0.2) is 11.0 Å². The van der Waals surface area contributed by atoms with Crippen LogP contribution in [0.5, 0.6) is 0 Å². The molecule has 0 aliphatic rings. The Bertz CT molecular complexity index is 165. The Morgan fingerprint density at radius 3 is 2.45 bits per heavy atom. The van der Waals surface area contributed by atoms with Gasteiger partial charge in [-0.15, -0.1) is 24.8 Å². The molecule has 0 aromatic carbocycles. The van der Waals surface area contributed by atoms with E-state index < -0.39 is 0 Å². The van der Waals surface area contributed by atoms with Crippen molar-refractivity contribution in [2.75, 3.05) is 5.32 Å². The predicted molar refractivity (Wildman–Crippen MR) is 49.8 cm³/mol. The predicted octanol–water partition coefficient (Wildman–Crippen LogP) is 2.34. The van der Waals surface area contributed by atoms with Gasteiger partial charge in [-0.25, -0.2) is 4.98 Å². The van der Waals surface area contributed by atoms with Gasteiger partial charge in [-0.2, -0.15) is 0 Å². The molecule has 0 unspecified atom stereocenters. The van der Waals surface area contributed by atoms with Crippen molar-refractivity contribution in [1.82, 2.24) is 4.98 Å². The Morgan fingerprint density at radius 2 is 2.09 bits per heavy atom. The molecular formula is C6H12Cl2N2O. The van der Waals surface area contributed by atoms with Gasteiger partial charge in [-0.3, -0.25) is 0 Å². The molecule has 0 saturated carbocycles. The van der Waals surface area contributed by atoms with Crippen LogP contribution in [0.1, 0.15) is 13.8 Å². The summed E-state index contributed by atoms with van der Waals surface area (Å²) in [7, 11) is 0. The number of oxazole rings is 1. The van der Waals surface area contributed by atoms with Crippen molar-refractivity contribution in [2.45, 2.75) is 19.9 Å². The molecule has 11 heavy (non-hydrogen) atoms. The molecule has 0 saturated heterocycles. The molecule has 0 fully saturated rings. The van der Waals surface area contributed by atoms with Gasteiger partial charge in [-0.1, -0.05) is 0 Å². The average molecular weight is 199 g/mol. The lowest BCUT2D eigenvalue weighted by atomic mass is 10.4. The van der Waals surface area contributed by atoms with Gasteiger partial charge in [-0.05, 0) is 13.8 Å². The Kier molecular flexibility index (Phi) is 7.57. The SMILES string of the molecule is CC(C)Nc1ncco1.Cl.Cl. The molecule has 66 valence electrons. The first-order valence-electron chi connectivity index (χ1n) is 2.95. The van der Waals surface area contributed by atoms with E-state index in [4.69, 9.17) is 4.42 Å². The zero-order valence-electron chi connectivity index (χ0n) is 6.40. The van der Waals surface area contributed by atoms with Gasteiger partial charge in [0, 0.05) is 6.04 Å². The highest BCUT2D eigenvalue weighted by molar-refractivity contribution is 5.85. The molecule has 0 aliphatic carbocycles. The first-order chi connectivity index (χ1) is 4.29. The highest BCUT2D eigenvalue weighted by Gasteiger charge is 1.95. The summed E-state index contributed by atoms with van der Waals surface area (Å²) in [6, 6.07) is 0.966. The summed E-state index contributed by atoms with van der Waals surface area (Å²) in [5.41, 5.74) is 0. The lowest BCUT2D eigenvalue weighted by molar-refractivity contribution is 0.565. The highest BCUT2D eigenvalue weighted by Crippen LogP contribution is 2.01. The number of rotatable bonds is 2. The van der Waals surface area contributed by atoms with Gasteiger partial charge < -0.3 is 9.73 Å². The van der Waals surface area contributed by atoms with Gasteiger partial charge in [0.1, 0.15) is 6.26 Å². The minimum atomic E-state index is 0. The van der Waals surface area contributed by atoms with Crippen LogP contribution in [0.3, 0.4) is 0 Å². The van der Waals surface area contributed by atoms with E-state index in [0.717, 1.165) is 0 Å². The van der Waals surface area contributed by atoms with Crippen molar-refractivity contribution in [3.63, 3.8) is 0 Å². The summed E-state index contributed by atoms with van der Waals surface area (Å²) in [5, 5.41) is 3.01. The quantitative estimate of drug-likeness (QED) is 0.794. The molecule has 1 rings (SSSR count). The number of anilines is 1. The first kappa shape index (κ1) is 13.2. The summed E-state index contributed by atoms with van der Waals surface area (Å²) in [4.78, 5) is 3.88. The highest BCUT2D eigenvalue weighted by atomic mass is 35.5. The fraction of sp³-hybridized carbons (Fsp3) is 0.500. The molecule has 0 radical (unpaired) electrons. The van der Waals surface area contributed by atoms with Gasteiger partial charge in [0.15, 0.2) is 0 Å². The molecule has 1 aromatic heterocycles. The third-order valence-electron chi connectivity index (χ3n) is 0.844. The summed E-state index contributed by atoms with van der Waals surface area (Å²) < 4.78 is 4.92. The van der Waals surface area contributed by atoms with E-state index in [9.17, 15) is 0 Å². The van der Waals surface area contributed by atoms with E-state index in [0.29, 0.717) is 12.1 Å². The van der Waals surface area contributed by atoms with Crippen molar-refractivity contribution >= 4 is 30.8 Å². The fourth-order valence-corrected chi connectivity index (χ4v) is 0.542. The van der Waals surface area contributed by atoms with Crippen LogP contribution >= 0.6 is 24.8 Å². The number of hydrogen-bond donors (Lipinski definition) is 1. The maximum absolute atomic E-state index is 4.92.